The molecule has 0 bridgehead atoms. The Bertz CT molecular complexity index is 1560. The van der Waals surface area contributed by atoms with Crippen LogP contribution in [0.3, 0.4) is 0 Å². The number of aromatic amines is 1. The van der Waals surface area contributed by atoms with Gasteiger partial charge >= 0.3 is 5.69 Å². The van der Waals surface area contributed by atoms with E-state index in [0.717, 1.165) is 40.1 Å². The van der Waals surface area contributed by atoms with Crippen molar-refractivity contribution >= 4 is 44.3 Å². The van der Waals surface area contributed by atoms with E-state index >= 15 is 0 Å². The van der Waals surface area contributed by atoms with E-state index in [2.05, 4.69) is 33.0 Å². The molecule has 182 valence electrons. The van der Waals surface area contributed by atoms with E-state index < -0.39 is 0 Å². The van der Waals surface area contributed by atoms with Crippen LogP contribution >= 0.6 is 22.9 Å². The number of halogens is 1. The number of imidazole rings is 1. The Morgan fingerprint density at radius 2 is 1.89 bits per heavy atom. The first kappa shape index (κ1) is 23.5. The Balaban J connectivity index is 1.29. The van der Waals surface area contributed by atoms with Crippen molar-refractivity contribution in [1.29, 1.82) is 0 Å². The lowest BCUT2D eigenvalue weighted by molar-refractivity contribution is 0.526. The lowest BCUT2D eigenvalue weighted by atomic mass is 10.2. The maximum Gasteiger partial charge on any atom is 0.332 e. The predicted octanol–water partition coefficient (Wildman–Crippen LogP) is 4.22. The highest BCUT2D eigenvalue weighted by Crippen LogP contribution is 2.22. The number of rotatable bonds is 10. The van der Waals surface area contributed by atoms with E-state index in [1.807, 2.05) is 35.3 Å². The number of unbranched alkanes of at least 4 members (excludes halogenated alkanes) is 2. The third kappa shape index (κ3) is 4.94. The zero-order valence-corrected chi connectivity index (χ0v) is 21.0. The molecule has 0 aliphatic carbocycles. The predicted molar refractivity (Wildman–Crippen MR) is 138 cm³/mol. The van der Waals surface area contributed by atoms with Crippen LogP contribution in [0.1, 0.15) is 43.2 Å². The van der Waals surface area contributed by atoms with E-state index in [-0.39, 0.29) is 22.0 Å². The monoisotopic (exact) mass is 511 g/mol. The maximum absolute atomic E-state index is 13.1. The number of nitrogens with one attached hydrogen (secondary N) is 1. The quantitative estimate of drug-likeness (QED) is 0.223. The molecule has 0 fully saturated rings. The summed E-state index contributed by atoms with van der Waals surface area (Å²) in [5.41, 5.74) is 1.92. The normalized spacial score (nSPS) is 11.7. The summed E-state index contributed by atoms with van der Waals surface area (Å²) in [6, 6.07) is 8.08. The van der Waals surface area contributed by atoms with Crippen LogP contribution in [0.5, 0.6) is 0 Å². The minimum atomic E-state index is -0.386. The van der Waals surface area contributed by atoms with E-state index in [4.69, 9.17) is 11.6 Å². The molecule has 0 radical (unpaired) electrons. The highest BCUT2D eigenvalue weighted by molar-refractivity contribution is 7.18. The number of H-pyrrole nitrogens is 1. The van der Waals surface area contributed by atoms with Gasteiger partial charge in [-0.25, -0.2) is 9.78 Å². The summed E-state index contributed by atoms with van der Waals surface area (Å²) in [6.07, 6.45) is 8.01. The van der Waals surface area contributed by atoms with Crippen LogP contribution in [0.4, 0.5) is 0 Å². The van der Waals surface area contributed by atoms with E-state index in [1.165, 1.54) is 4.57 Å². The highest BCUT2D eigenvalue weighted by Gasteiger charge is 2.17. The highest BCUT2D eigenvalue weighted by atomic mass is 35.5. The summed E-state index contributed by atoms with van der Waals surface area (Å²) in [7, 11) is 0. The van der Waals surface area contributed by atoms with Crippen molar-refractivity contribution in [3.05, 3.63) is 73.4 Å². The molecule has 0 amide bonds. The number of nitrogens with zero attached hydrogens (tertiary/aromatic N) is 6. The lowest BCUT2D eigenvalue weighted by Gasteiger charge is -2.11. The van der Waals surface area contributed by atoms with Crippen LogP contribution in [0.25, 0.3) is 21.4 Å². The van der Waals surface area contributed by atoms with E-state index in [1.54, 1.807) is 15.9 Å². The van der Waals surface area contributed by atoms with Crippen LogP contribution in [0.2, 0.25) is 5.28 Å². The molecule has 5 rings (SSSR count). The van der Waals surface area contributed by atoms with Crippen LogP contribution in [0.15, 0.2) is 46.2 Å². The van der Waals surface area contributed by atoms with Gasteiger partial charge in [0.25, 0.3) is 5.56 Å². The van der Waals surface area contributed by atoms with Gasteiger partial charge in [0, 0.05) is 19.3 Å². The lowest BCUT2D eigenvalue weighted by Crippen LogP contribution is -2.40. The smallest absolute Gasteiger partial charge is 0.323 e. The summed E-state index contributed by atoms with van der Waals surface area (Å²) in [4.78, 5) is 37.8. The standard InChI is InChI=1S/C24H26ClN7O2S/c1-2-3-6-11-31-21-20(28-23(25)29-21)22(33)32(24(31)34)12-7-8-16-13-26-30(14-16)15-19-27-17-9-4-5-10-18(17)35-19/h4-5,9-10,13-14H,2-3,6-8,11-12,15H2,1H3,(H,28,29). The van der Waals surface area contributed by atoms with Gasteiger partial charge in [-0.3, -0.25) is 18.6 Å². The van der Waals surface area contributed by atoms with Crippen molar-refractivity contribution in [3.63, 3.8) is 0 Å². The molecule has 0 saturated heterocycles. The van der Waals surface area contributed by atoms with Gasteiger partial charge in [0.05, 0.1) is 23.0 Å². The average Bonchev–Trinajstić information content (AvgIpc) is 3.56. The van der Waals surface area contributed by atoms with Crippen molar-refractivity contribution in [1.82, 2.24) is 33.9 Å². The van der Waals surface area contributed by atoms with Crippen molar-refractivity contribution in [3.8, 4) is 0 Å². The molecule has 35 heavy (non-hydrogen) atoms. The molecule has 0 aliphatic rings. The Labute approximate surface area is 210 Å². The van der Waals surface area contributed by atoms with E-state index in [0.29, 0.717) is 38.1 Å². The molecule has 1 N–H and O–H groups in total. The van der Waals surface area contributed by atoms with Crippen LogP contribution in [-0.4, -0.2) is 33.9 Å². The fourth-order valence-electron chi connectivity index (χ4n) is 4.25. The molecule has 0 spiro atoms. The minimum Gasteiger partial charge on any atom is -0.323 e. The molecule has 0 unspecified atom stereocenters. The van der Waals surface area contributed by atoms with Gasteiger partial charge in [-0.15, -0.1) is 11.3 Å². The summed E-state index contributed by atoms with van der Waals surface area (Å²) >= 11 is 7.68. The number of hydrogen-bond donors (Lipinski definition) is 1. The Morgan fingerprint density at radius 1 is 1.06 bits per heavy atom. The molecular weight excluding hydrogens is 486 g/mol. The van der Waals surface area contributed by atoms with Crippen molar-refractivity contribution in [2.45, 2.75) is 58.7 Å². The largest absolute Gasteiger partial charge is 0.332 e. The van der Waals surface area contributed by atoms with Gasteiger partial charge in [-0.05, 0) is 48.6 Å². The van der Waals surface area contributed by atoms with Crippen LogP contribution < -0.4 is 11.2 Å². The fourth-order valence-corrected chi connectivity index (χ4v) is 5.38. The number of hydrogen-bond acceptors (Lipinski definition) is 6. The van der Waals surface area contributed by atoms with Crippen LogP contribution in [-0.2, 0) is 26.1 Å². The fraction of sp³-hybridized carbons (Fsp3) is 0.375. The molecule has 0 saturated carbocycles. The maximum atomic E-state index is 13.1. The third-order valence-electron chi connectivity index (χ3n) is 5.99. The van der Waals surface area contributed by atoms with Gasteiger partial charge in [-0.2, -0.15) is 10.1 Å². The van der Waals surface area contributed by atoms with Gasteiger partial charge < -0.3 is 4.98 Å². The number of aryl methyl sites for hydroxylation is 2. The topological polar surface area (TPSA) is 103 Å². The van der Waals surface area contributed by atoms with Crippen molar-refractivity contribution < 1.29 is 0 Å². The van der Waals surface area contributed by atoms with Gasteiger partial charge in [0.2, 0.25) is 5.28 Å². The first-order chi connectivity index (χ1) is 17.0. The zero-order valence-electron chi connectivity index (χ0n) is 19.4. The van der Waals surface area contributed by atoms with E-state index in [9.17, 15) is 9.59 Å². The second-order valence-electron chi connectivity index (χ2n) is 8.55. The number of para-hydroxylation sites is 1. The summed E-state index contributed by atoms with van der Waals surface area (Å²) in [5.74, 6) is 0. The molecule has 0 aliphatic heterocycles. The molecule has 4 heterocycles. The molecule has 11 heteroatoms. The Morgan fingerprint density at radius 3 is 2.71 bits per heavy atom. The molecule has 9 nitrogen and oxygen atoms in total. The van der Waals surface area contributed by atoms with Gasteiger partial charge in [-0.1, -0.05) is 31.9 Å². The summed E-state index contributed by atoms with van der Waals surface area (Å²) in [6.45, 7) is 3.52. The zero-order chi connectivity index (χ0) is 24.4. The van der Waals surface area contributed by atoms with Crippen molar-refractivity contribution in [2.24, 2.45) is 0 Å². The SMILES string of the molecule is CCCCCn1c(=O)n(CCCc2cnn(Cc3nc4ccccc4s3)c2)c(=O)c2[nH]c(Cl)nc21. The molecule has 4 aromatic heterocycles. The first-order valence-corrected chi connectivity index (χ1v) is 13.0. The summed E-state index contributed by atoms with van der Waals surface area (Å²) in [5, 5.41) is 5.58. The Kier molecular flexibility index (Phi) is 6.83. The number of aromatic nitrogens is 7. The van der Waals surface area contributed by atoms with Crippen LogP contribution in [0, 0.1) is 0 Å². The molecule has 5 aromatic rings. The number of benzene rings is 1. The second-order valence-corrected chi connectivity index (χ2v) is 10.0. The third-order valence-corrected chi connectivity index (χ3v) is 7.19. The van der Waals surface area contributed by atoms with Crippen molar-refractivity contribution in [2.75, 3.05) is 0 Å². The minimum absolute atomic E-state index is 0.110. The summed E-state index contributed by atoms with van der Waals surface area (Å²) < 4.78 is 5.88. The average molecular weight is 512 g/mol. The molecular formula is C24H26ClN7O2S. The molecule has 0 atom stereocenters. The number of thiazole rings is 1. The Hall–Kier alpha value is -3.24. The first-order valence-electron chi connectivity index (χ1n) is 11.8. The van der Waals surface area contributed by atoms with Gasteiger partial charge in [0.1, 0.15) is 5.01 Å². The van der Waals surface area contributed by atoms with Gasteiger partial charge in [0.15, 0.2) is 11.2 Å². The second kappa shape index (κ2) is 10.2. The number of fused-ring (bicyclic) bond motifs is 2. The molecule has 1 aromatic carbocycles.